The zero-order valence-electron chi connectivity index (χ0n) is 13.3. The van der Waals surface area contributed by atoms with Crippen molar-refractivity contribution in [2.75, 3.05) is 7.11 Å². The minimum atomic E-state index is -0.572. The molecule has 0 atom stereocenters. The molecule has 0 saturated heterocycles. The number of methoxy groups -OCH3 is 1. The Morgan fingerprint density at radius 3 is 2.67 bits per heavy atom. The molecule has 1 aromatic carbocycles. The highest BCUT2D eigenvalue weighted by Crippen LogP contribution is 2.18. The lowest BCUT2D eigenvalue weighted by Crippen LogP contribution is -2.19. The van der Waals surface area contributed by atoms with Gasteiger partial charge in [0.1, 0.15) is 17.3 Å². The number of hydrogen-bond acceptors (Lipinski definition) is 5. The van der Waals surface area contributed by atoms with Crippen LogP contribution in [0.2, 0.25) is 0 Å². The van der Waals surface area contributed by atoms with E-state index in [2.05, 4.69) is 10.1 Å². The van der Waals surface area contributed by atoms with E-state index in [1.165, 1.54) is 16.7 Å². The van der Waals surface area contributed by atoms with Gasteiger partial charge in [0.2, 0.25) is 0 Å². The Hall–Kier alpha value is -2.96. The Labute approximate surface area is 137 Å². The van der Waals surface area contributed by atoms with Crippen molar-refractivity contribution in [3.05, 3.63) is 75.5 Å². The molecule has 0 N–H and O–H groups in total. The lowest BCUT2D eigenvalue weighted by Gasteiger charge is -2.09. The van der Waals surface area contributed by atoms with Gasteiger partial charge in [-0.1, -0.05) is 17.3 Å². The minimum absolute atomic E-state index is 0.184. The molecule has 0 spiro atoms. The third-order valence-corrected chi connectivity index (χ3v) is 3.64. The molecule has 0 bridgehead atoms. The molecule has 0 fully saturated rings. The van der Waals surface area contributed by atoms with Gasteiger partial charge in [0.25, 0.3) is 0 Å². The van der Waals surface area contributed by atoms with Gasteiger partial charge >= 0.3 is 5.76 Å². The van der Waals surface area contributed by atoms with E-state index in [1.54, 1.807) is 25.3 Å². The molecule has 0 amide bonds. The van der Waals surface area contributed by atoms with Crippen molar-refractivity contribution in [2.45, 2.75) is 19.9 Å². The lowest BCUT2D eigenvalue weighted by atomic mass is 10.1. The lowest BCUT2D eigenvalue weighted by molar-refractivity contribution is 0.373. The zero-order valence-corrected chi connectivity index (χ0v) is 13.3. The molecule has 7 heteroatoms. The van der Waals surface area contributed by atoms with Crippen molar-refractivity contribution in [2.24, 2.45) is 0 Å². The minimum Gasteiger partial charge on any atom is -0.495 e. The fraction of sp³-hybridized carbons (Fsp3) is 0.235. The molecule has 0 aliphatic heterocycles. The summed E-state index contributed by atoms with van der Waals surface area (Å²) in [6, 6.07) is 9.65. The van der Waals surface area contributed by atoms with E-state index in [0.29, 0.717) is 23.7 Å². The highest BCUT2D eigenvalue weighted by Gasteiger charge is 2.15. The van der Waals surface area contributed by atoms with Gasteiger partial charge < -0.3 is 4.74 Å². The molecule has 0 aliphatic rings. The first-order chi connectivity index (χ1) is 11.6. The summed E-state index contributed by atoms with van der Waals surface area (Å²) in [5.41, 5.74) is 2.25. The predicted octanol–water partition coefficient (Wildman–Crippen LogP) is 2.33. The standard InChI is InChI=1S/C17H16FN3O3/c1-11-3-8-15(23-2)14(19-11)10-21-16(20-24-17(21)22)9-12-4-6-13(18)7-5-12/h3-8H,9-10H2,1-2H3. The number of halogens is 1. The number of aryl methyl sites for hydroxylation is 1. The smallest absolute Gasteiger partial charge is 0.441 e. The van der Waals surface area contributed by atoms with Gasteiger partial charge in [0, 0.05) is 12.1 Å². The third kappa shape index (κ3) is 3.34. The Bertz CT molecular complexity index is 900. The molecule has 0 radical (unpaired) electrons. The van der Waals surface area contributed by atoms with Gasteiger partial charge in [-0.15, -0.1) is 0 Å². The van der Waals surface area contributed by atoms with E-state index in [1.807, 2.05) is 13.0 Å². The Morgan fingerprint density at radius 1 is 1.21 bits per heavy atom. The Morgan fingerprint density at radius 2 is 1.96 bits per heavy atom. The second kappa shape index (κ2) is 6.66. The monoisotopic (exact) mass is 329 g/mol. The number of aromatic nitrogens is 3. The number of pyridine rings is 1. The first kappa shape index (κ1) is 15.9. The molecule has 0 saturated carbocycles. The van der Waals surface area contributed by atoms with Crippen LogP contribution in [0.1, 0.15) is 22.8 Å². The van der Waals surface area contributed by atoms with E-state index in [9.17, 15) is 9.18 Å². The fourth-order valence-electron chi connectivity index (χ4n) is 2.41. The molecule has 2 heterocycles. The average molecular weight is 329 g/mol. The summed E-state index contributed by atoms with van der Waals surface area (Å²) in [6.07, 6.45) is 0.347. The van der Waals surface area contributed by atoms with Crippen molar-refractivity contribution < 1.29 is 13.7 Å². The SMILES string of the molecule is COc1ccc(C)nc1Cn1c(Cc2ccc(F)cc2)noc1=O. The van der Waals surface area contributed by atoms with E-state index >= 15 is 0 Å². The normalized spacial score (nSPS) is 10.8. The summed E-state index contributed by atoms with van der Waals surface area (Å²) < 4.78 is 24.5. The van der Waals surface area contributed by atoms with Crippen molar-refractivity contribution in [3.63, 3.8) is 0 Å². The highest BCUT2D eigenvalue weighted by atomic mass is 19.1. The van der Waals surface area contributed by atoms with Crippen molar-refractivity contribution >= 4 is 0 Å². The van der Waals surface area contributed by atoms with Gasteiger partial charge in [0.05, 0.1) is 13.7 Å². The molecule has 3 aromatic rings. The molecule has 6 nitrogen and oxygen atoms in total. The average Bonchev–Trinajstić information content (AvgIpc) is 2.90. The Kier molecular flexibility index (Phi) is 4.41. The van der Waals surface area contributed by atoms with Gasteiger partial charge in [-0.3, -0.25) is 14.1 Å². The number of ether oxygens (including phenoxy) is 1. The molecule has 2 aromatic heterocycles. The topological polar surface area (TPSA) is 70.2 Å². The van der Waals surface area contributed by atoms with Crippen LogP contribution in [0.3, 0.4) is 0 Å². The number of benzene rings is 1. The molecule has 24 heavy (non-hydrogen) atoms. The molecule has 3 rings (SSSR count). The number of nitrogens with zero attached hydrogens (tertiary/aromatic N) is 3. The first-order valence-electron chi connectivity index (χ1n) is 7.37. The van der Waals surface area contributed by atoms with Gasteiger partial charge in [-0.25, -0.2) is 9.18 Å². The quantitative estimate of drug-likeness (QED) is 0.718. The summed E-state index contributed by atoms with van der Waals surface area (Å²) in [4.78, 5) is 16.4. The van der Waals surface area contributed by atoms with Crippen LogP contribution >= 0.6 is 0 Å². The van der Waals surface area contributed by atoms with Gasteiger partial charge in [0.15, 0.2) is 5.82 Å². The Balaban J connectivity index is 1.92. The fourth-order valence-corrected chi connectivity index (χ4v) is 2.41. The number of hydrogen-bond donors (Lipinski definition) is 0. The van der Waals surface area contributed by atoms with Crippen LogP contribution in [-0.4, -0.2) is 21.8 Å². The van der Waals surface area contributed by atoms with E-state index in [0.717, 1.165) is 11.3 Å². The summed E-state index contributed by atoms with van der Waals surface area (Å²) in [7, 11) is 1.55. The van der Waals surface area contributed by atoms with Crippen molar-refractivity contribution in [1.82, 2.24) is 14.7 Å². The summed E-state index contributed by atoms with van der Waals surface area (Å²) in [6.45, 7) is 2.04. The first-order valence-corrected chi connectivity index (χ1v) is 7.37. The van der Waals surface area contributed by atoms with Crippen molar-refractivity contribution in [3.8, 4) is 5.75 Å². The maximum absolute atomic E-state index is 13.0. The second-order valence-electron chi connectivity index (χ2n) is 5.36. The molecular formula is C17H16FN3O3. The van der Waals surface area contributed by atoms with Crippen LogP contribution in [-0.2, 0) is 13.0 Å². The predicted molar refractivity (Wildman–Crippen MR) is 84.6 cm³/mol. The maximum atomic E-state index is 13.0. The summed E-state index contributed by atoms with van der Waals surface area (Å²) in [5.74, 6) is 0.140. The van der Waals surface area contributed by atoms with E-state index in [-0.39, 0.29) is 12.4 Å². The van der Waals surface area contributed by atoms with Crippen LogP contribution in [0.25, 0.3) is 0 Å². The highest BCUT2D eigenvalue weighted by molar-refractivity contribution is 5.29. The van der Waals surface area contributed by atoms with Crippen LogP contribution in [0.15, 0.2) is 45.7 Å². The summed E-state index contributed by atoms with van der Waals surface area (Å²) >= 11 is 0. The second-order valence-corrected chi connectivity index (χ2v) is 5.36. The van der Waals surface area contributed by atoms with Gasteiger partial charge in [-0.2, -0.15) is 0 Å². The number of rotatable bonds is 5. The molecule has 0 aliphatic carbocycles. The molecule has 0 unspecified atom stereocenters. The van der Waals surface area contributed by atoms with E-state index < -0.39 is 5.76 Å². The maximum Gasteiger partial charge on any atom is 0.441 e. The van der Waals surface area contributed by atoms with Gasteiger partial charge in [-0.05, 0) is 36.8 Å². The summed E-state index contributed by atoms with van der Waals surface area (Å²) in [5, 5.41) is 3.82. The molecular weight excluding hydrogens is 313 g/mol. The van der Waals surface area contributed by atoms with Crippen LogP contribution in [0.5, 0.6) is 5.75 Å². The largest absolute Gasteiger partial charge is 0.495 e. The van der Waals surface area contributed by atoms with Crippen LogP contribution in [0.4, 0.5) is 4.39 Å². The molecule has 124 valence electrons. The van der Waals surface area contributed by atoms with Crippen LogP contribution in [0, 0.1) is 12.7 Å². The third-order valence-electron chi connectivity index (χ3n) is 3.64. The zero-order chi connectivity index (χ0) is 17.1. The van der Waals surface area contributed by atoms with E-state index in [4.69, 9.17) is 9.26 Å². The van der Waals surface area contributed by atoms with Crippen molar-refractivity contribution in [1.29, 1.82) is 0 Å². The van der Waals surface area contributed by atoms with Crippen LogP contribution < -0.4 is 10.5 Å².